The summed E-state index contributed by atoms with van der Waals surface area (Å²) in [5, 5.41) is 0. The van der Waals surface area contributed by atoms with Gasteiger partial charge in [0, 0.05) is 23.6 Å². The monoisotopic (exact) mass is 368 g/mol. The van der Waals surface area contributed by atoms with Gasteiger partial charge in [0.2, 0.25) is 0 Å². The molecule has 3 atom stereocenters. The van der Waals surface area contributed by atoms with Crippen LogP contribution in [0.2, 0.25) is 0 Å². The number of benzene rings is 2. The first-order chi connectivity index (χ1) is 13.1. The zero-order valence-electron chi connectivity index (χ0n) is 15.4. The van der Waals surface area contributed by atoms with E-state index < -0.39 is 5.92 Å². The number of carbonyl (C=O) groups excluding carboxylic acids is 1. The summed E-state index contributed by atoms with van der Waals surface area (Å²) in [5.74, 6) is 2.83. The Kier molecular flexibility index (Phi) is 3.50. The number of ether oxygens (including phenoxy) is 5. The van der Waals surface area contributed by atoms with Crippen LogP contribution in [0.1, 0.15) is 34.3 Å². The average Bonchev–Trinajstić information content (AvgIpc) is 3.07. The number of hydrogen-bond donors (Lipinski definition) is 0. The highest BCUT2D eigenvalue weighted by Gasteiger charge is 2.45. The van der Waals surface area contributed by atoms with Crippen LogP contribution in [0, 0.1) is 0 Å². The second-order valence-corrected chi connectivity index (χ2v) is 7.11. The molecular weight excluding hydrogens is 348 g/mol. The summed E-state index contributed by atoms with van der Waals surface area (Å²) in [6, 6.07) is 7.26. The molecule has 0 aliphatic carbocycles. The summed E-state index contributed by atoms with van der Waals surface area (Å²) in [5.41, 5.74) is 2.35. The van der Waals surface area contributed by atoms with Crippen LogP contribution in [-0.4, -0.2) is 38.8 Å². The van der Waals surface area contributed by atoms with Gasteiger partial charge in [-0.05, 0) is 25.1 Å². The summed E-state index contributed by atoms with van der Waals surface area (Å²) in [6.07, 6.45) is 0.451. The molecule has 3 aliphatic heterocycles. The maximum atomic E-state index is 13.4. The molecule has 0 fully saturated rings. The normalized spacial score (nSPS) is 24.4. The maximum absolute atomic E-state index is 13.4. The molecule has 140 valence electrons. The van der Waals surface area contributed by atoms with E-state index in [4.69, 9.17) is 23.7 Å². The smallest absolute Gasteiger partial charge is 0.178 e. The lowest BCUT2D eigenvalue weighted by Crippen LogP contribution is -2.43. The fourth-order valence-electron chi connectivity index (χ4n) is 4.23. The van der Waals surface area contributed by atoms with E-state index in [2.05, 4.69) is 0 Å². The van der Waals surface area contributed by atoms with Crippen molar-refractivity contribution in [3.63, 3.8) is 0 Å². The molecular formula is C21H20O6. The van der Waals surface area contributed by atoms with Crippen LogP contribution < -0.4 is 23.7 Å². The quantitative estimate of drug-likeness (QED) is 0.812. The summed E-state index contributed by atoms with van der Waals surface area (Å²) in [4.78, 5) is 13.4. The van der Waals surface area contributed by atoms with E-state index in [1.54, 1.807) is 26.4 Å². The Morgan fingerprint density at radius 3 is 2.59 bits per heavy atom. The Morgan fingerprint density at radius 1 is 1.04 bits per heavy atom. The highest BCUT2D eigenvalue weighted by atomic mass is 16.5. The second-order valence-electron chi connectivity index (χ2n) is 7.11. The van der Waals surface area contributed by atoms with Gasteiger partial charge in [-0.2, -0.15) is 0 Å². The van der Waals surface area contributed by atoms with Crippen molar-refractivity contribution in [2.24, 2.45) is 0 Å². The molecule has 2 aromatic carbocycles. The van der Waals surface area contributed by atoms with Gasteiger partial charge < -0.3 is 23.7 Å². The number of hydrogen-bond acceptors (Lipinski definition) is 6. The van der Waals surface area contributed by atoms with E-state index in [-0.39, 0.29) is 18.0 Å². The predicted molar refractivity (Wildman–Crippen MR) is 96.8 cm³/mol. The summed E-state index contributed by atoms with van der Waals surface area (Å²) in [6.45, 7) is 2.32. The van der Waals surface area contributed by atoms with Gasteiger partial charge in [-0.1, -0.05) is 0 Å². The van der Waals surface area contributed by atoms with Crippen molar-refractivity contribution in [3.05, 3.63) is 41.0 Å². The van der Waals surface area contributed by atoms with Crippen molar-refractivity contribution >= 4 is 5.78 Å². The third-order valence-corrected chi connectivity index (χ3v) is 5.48. The van der Waals surface area contributed by atoms with E-state index in [1.165, 1.54) is 0 Å². The van der Waals surface area contributed by atoms with Crippen LogP contribution >= 0.6 is 0 Å². The summed E-state index contributed by atoms with van der Waals surface area (Å²) < 4.78 is 28.7. The van der Waals surface area contributed by atoms with Crippen LogP contribution in [0.3, 0.4) is 0 Å². The van der Waals surface area contributed by atoms with Crippen molar-refractivity contribution in [1.29, 1.82) is 0 Å². The largest absolute Gasteiger partial charge is 0.493 e. The van der Waals surface area contributed by atoms with Crippen LogP contribution in [0.15, 0.2) is 24.3 Å². The SMILES string of the molecule is COc1cc2c(cc1OC)[C@@H]1C(=O)c3ccc4c(c3O[C@@H]1CO2)C[C@H](C)O4. The Hall–Kier alpha value is -2.89. The van der Waals surface area contributed by atoms with Crippen LogP contribution in [0.4, 0.5) is 0 Å². The van der Waals surface area contributed by atoms with Gasteiger partial charge in [0.25, 0.3) is 0 Å². The van der Waals surface area contributed by atoms with Gasteiger partial charge in [-0.3, -0.25) is 4.79 Å². The van der Waals surface area contributed by atoms with Gasteiger partial charge in [-0.15, -0.1) is 0 Å². The fraction of sp³-hybridized carbons (Fsp3) is 0.381. The molecule has 5 rings (SSSR count). The Labute approximate surface area is 156 Å². The maximum Gasteiger partial charge on any atom is 0.178 e. The average molecular weight is 368 g/mol. The number of carbonyl (C=O) groups is 1. The minimum atomic E-state index is -0.432. The summed E-state index contributed by atoms with van der Waals surface area (Å²) in [7, 11) is 3.15. The Morgan fingerprint density at radius 2 is 1.81 bits per heavy atom. The number of rotatable bonds is 2. The number of fused-ring (bicyclic) bond motifs is 6. The number of ketones is 1. The van der Waals surface area contributed by atoms with Crippen molar-refractivity contribution in [2.45, 2.75) is 31.5 Å². The van der Waals surface area contributed by atoms with E-state index in [0.717, 1.165) is 23.3 Å². The first-order valence-electron chi connectivity index (χ1n) is 9.02. The minimum absolute atomic E-state index is 0.0420. The van der Waals surface area contributed by atoms with Crippen molar-refractivity contribution in [1.82, 2.24) is 0 Å². The van der Waals surface area contributed by atoms with E-state index in [0.29, 0.717) is 35.2 Å². The Balaban J connectivity index is 1.62. The van der Waals surface area contributed by atoms with Crippen LogP contribution in [-0.2, 0) is 6.42 Å². The van der Waals surface area contributed by atoms with Crippen LogP contribution in [0.25, 0.3) is 0 Å². The van der Waals surface area contributed by atoms with E-state index >= 15 is 0 Å². The molecule has 0 saturated carbocycles. The number of Topliss-reactive ketones (excluding diaryl/α,β-unsaturated/α-hetero) is 1. The molecule has 6 heteroatoms. The molecule has 3 aliphatic rings. The molecule has 0 spiro atoms. The van der Waals surface area contributed by atoms with Crippen molar-refractivity contribution in [3.8, 4) is 28.7 Å². The molecule has 3 heterocycles. The first kappa shape index (κ1) is 16.3. The molecule has 0 N–H and O–H groups in total. The van der Waals surface area contributed by atoms with Gasteiger partial charge >= 0.3 is 0 Å². The lowest BCUT2D eigenvalue weighted by molar-refractivity contribution is 0.0554. The van der Waals surface area contributed by atoms with E-state index in [9.17, 15) is 4.79 Å². The highest BCUT2D eigenvalue weighted by molar-refractivity contribution is 6.06. The van der Waals surface area contributed by atoms with Crippen molar-refractivity contribution in [2.75, 3.05) is 20.8 Å². The zero-order chi connectivity index (χ0) is 18.7. The first-order valence-corrected chi connectivity index (χ1v) is 9.02. The third kappa shape index (κ3) is 2.29. The summed E-state index contributed by atoms with van der Waals surface area (Å²) >= 11 is 0. The molecule has 0 aromatic heterocycles. The molecule has 6 nitrogen and oxygen atoms in total. The van der Waals surface area contributed by atoms with Crippen LogP contribution in [0.5, 0.6) is 28.7 Å². The molecule has 0 unspecified atom stereocenters. The Bertz CT molecular complexity index is 950. The highest BCUT2D eigenvalue weighted by Crippen LogP contribution is 2.49. The molecule has 0 amide bonds. The molecule has 2 aromatic rings. The molecule has 27 heavy (non-hydrogen) atoms. The minimum Gasteiger partial charge on any atom is -0.493 e. The van der Waals surface area contributed by atoms with Gasteiger partial charge in [0.15, 0.2) is 17.3 Å². The molecule has 0 bridgehead atoms. The predicted octanol–water partition coefficient (Wildman–Crippen LogP) is 3.15. The van der Waals surface area contributed by atoms with E-state index in [1.807, 2.05) is 19.1 Å². The number of methoxy groups -OCH3 is 2. The fourth-order valence-corrected chi connectivity index (χ4v) is 4.23. The third-order valence-electron chi connectivity index (χ3n) is 5.48. The molecule has 0 saturated heterocycles. The van der Waals surface area contributed by atoms with Gasteiger partial charge in [0.05, 0.1) is 25.7 Å². The van der Waals surface area contributed by atoms with Gasteiger partial charge in [0.1, 0.15) is 36.1 Å². The van der Waals surface area contributed by atoms with Gasteiger partial charge in [-0.25, -0.2) is 0 Å². The topological polar surface area (TPSA) is 63.2 Å². The lowest BCUT2D eigenvalue weighted by Gasteiger charge is -2.37. The second kappa shape index (κ2) is 5.81. The standard InChI is InChI=1S/C21H20O6/c1-10-6-13-14(26-10)5-4-11-20(22)19-12-7-16(23-2)17(24-3)8-15(12)25-9-18(19)27-21(11)13/h4-5,7-8,10,18-19H,6,9H2,1-3H3/t10-,18+,19-/m0/s1. The zero-order valence-corrected chi connectivity index (χ0v) is 15.4. The molecule has 0 radical (unpaired) electrons. The van der Waals surface area contributed by atoms with Crippen molar-refractivity contribution < 1.29 is 28.5 Å². The lowest BCUT2D eigenvalue weighted by atomic mass is 9.81.